The molecule has 0 aliphatic carbocycles. The summed E-state index contributed by atoms with van der Waals surface area (Å²) in [5, 5.41) is 0. The molecule has 0 spiro atoms. The Balaban J connectivity index is 2.06. The first-order valence-electron chi connectivity index (χ1n) is 9.75. The average Bonchev–Trinajstić information content (AvgIpc) is 2.59. The maximum absolute atomic E-state index is 11.6. The molecule has 0 fully saturated rings. The molecule has 1 amide bonds. The van der Waals surface area contributed by atoms with Crippen LogP contribution >= 0.6 is 0 Å². The van der Waals surface area contributed by atoms with Crippen molar-refractivity contribution in [3.05, 3.63) is 48.0 Å². The molecular weight excluding hydrogens is 294 g/mol. The zero-order chi connectivity index (χ0) is 17.5. The number of hydrogen-bond donors (Lipinski definition) is 1. The summed E-state index contributed by atoms with van der Waals surface area (Å²) < 4.78 is 0. The number of rotatable bonds is 14. The van der Waals surface area contributed by atoms with Crippen LogP contribution in [0, 0.1) is 0 Å². The summed E-state index contributed by atoms with van der Waals surface area (Å²) in [7, 11) is 0. The molecule has 24 heavy (non-hydrogen) atoms. The number of carbonyl (C=O) groups excluding carboxylic acids is 1. The largest absolute Gasteiger partial charge is 0.369 e. The van der Waals surface area contributed by atoms with Crippen LogP contribution in [0.15, 0.2) is 42.5 Å². The number of carbonyl (C=O) groups is 1. The molecule has 134 valence electrons. The molecule has 1 rings (SSSR count). The predicted octanol–water partition coefficient (Wildman–Crippen LogP) is 6.12. The first-order valence-corrected chi connectivity index (χ1v) is 9.75. The smallest absolute Gasteiger partial charge is 0.224 e. The molecule has 2 N–H and O–H groups in total. The van der Waals surface area contributed by atoms with Crippen molar-refractivity contribution in [2.75, 3.05) is 0 Å². The molecule has 0 radical (unpaired) electrons. The van der Waals surface area contributed by atoms with Gasteiger partial charge in [0, 0.05) is 0 Å². The van der Waals surface area contributed by atoms with E-state index in [9.17, 15) is 4.79 Å². The van der Waals surface area contributed by atoms with Crippen LogP contribution in [0.5, 0.6) is 0 Å². The van der Waals surface area contributed by atoms with Gasteiger partial charge >= 0.3 is 0 Å². The number of hydrogen-bond acceptors (Lipinski definition) is 1. The second-order valence-corrected chi connectivity index (χ2v) is 6.68. The van der Waals surface area contributed by atoms with Crippen LogP contribution in [-0.2, 0) is 4.79 Å². The van der Waals surface area contributed by atoms with Crippen LogP contribution in [0.4, 0.5) is 0 Å². The van der Waals surface area contributed by atoms with Gasteiger partial charge < -0.3 is 5.73 Å². The first-order chi connectivity index (χ1) is 11.8. The van der Waals surface area contributed by atoms with Crippen LogP contribution < -0.4 is 5.73 Å². The molecule has 0 heterocycles. The lowest BCUT2D eigenvalue weighted by Gasteiger charge is -2.13. The Morgan fingerprint density at radius 3 is 2.08 bits per heavy atom. The van der Waals surface area contributed by atoms with Gasteiger partial charge in [-0.25, -0.2) is 0 Å². The quantitative estimate of drug-likeness (QED) is 0.324. The molecule has 0 bridgehead atoms. The van der Waals surface area contributed by atoms with Gasteiger partial charge in [-0.15, -0.1) is 0 Å². The molecule has 2 nitrogen and oxygen atoms in total. The fourth-order valence-electron chi connectivity index (χ4n) is 3.05. The molecule has 1 aromatic rings. The summed E-state index contributed by atoms with van der Waals surface area (Å²) in [6, 6.07) is 9.92. The lowest BCUT2D eigenvalue weighted by atomic mass is 9.92. The lowest BCUT2D eigenvalue weighted by Crippen LogP contribution is -2.21. The minimum Gasteiger partial charge on any atom is -0.369 e. The minimum absolute atomic E-state index is 0.130. The lowest BCUT2D eigenvalue weighted by molar-refractivity contribution is -0.119. The number of nitrogens with two attached hydrogens (primary N) is 1. The molecule has 0 saturated carbocycles. The van der Waals surface area contributed by atoms with E-state index in [4.69, 9.17) is 5.73 Å². The van der Waals surface area contributed by atoms with Gasteiger partial charge in [-0.2, -0.15) is 0 Å². The number of amides is 1. The van der Waals surface area contributed by atoms with E-state index in [1.807, 2.05) is 30.3 Å². The summed E-state index contributed by atoms with van der Waals surface area (Å²) in [4.78, 5) is 11.6. The highest BCUT2D eigenvalue weighted by atomic mass is 16.1. The van der Waals surface area contributed by atoms with Crippen molar-refractivity contribution in [3.63, 3.8) is 0 Å². The van der Waals surface area contributed by atoms with Gasteiger partial charge in [-0.05, 0) is 37.7 Å². The maximum atomic E-state index is 11.6. The van der Waals surface area contributed by atoms with Crippen molar-refractivity contribution >= 4 is 5.91 Å². The Bertz CT molecular complexity index is 452. The second kappa shape index (κ2) is 13.8. The Kier molecular flexibility index (Phi) is 11.8. The number of benzene rings is 1. The van der Waals surface area contributed by atoms with Crippen LogP contribution in [0.25, 0.3) is 0 Å². The van der Waals surface area contributed by atoms with Crippen molar-refractivity contribution in [2.24, 2.45) is 5.73 Å². The summed E-state index contributed by atoms with van der Waals surface area (Å²) in [5.41, 5.74) is 6.61. The van der Waals surface area contributed by atoms with Gasteiger partial charge in [0.15, 0.2) is 0 Å². The van der Waals surface area contributed by atoms with Gasteiger partial charge in [0.25, 0.3) is 0 Å². The second-order valence-electron chi connectivity index (χ2n) is 6.68. The zero-order valence-electron chi connectivity index (χ0n) is 15.4. The molecule has 0 aliphatic rings. The fraction of sp³-hybridized carbons (Fsp3) is 0.591. The Morgan fingerprint density at radius 1 is 0.917 bits per heavy atom. The van der Waals surface area contributed by atoms with E-state index in [0.717, 1.165) is 18.4 Å². The number of allylic oxidation sites excluding steroid dienone is 2. The van der Waals surface area contributed by atoms with E-state index in [0.29, 0.717) is 0 Å². The third kappa shape index (κ3) is 9.54. The predicted molar refractivity (Wildman–Crippen MR) is 104 cm³/mol. The molecule has 2 heteroatoms. The molecule has 0 saturated heterocycles. The van der Waals surface area contributed by atoms with Gasteiger partial charge in [0.05, 0.1) is 5.92 Å². The molecule has 1 atom stereocenters. The standard InChI is InChI=1S/C22H35NO/c1-2-3-4-5-6-7-8-9-10-11-12-16-19-21(22(23)24)20-17-14-13-15-18-20/h7-8,13-15,17-18,21H,2-6,9-12,16,19H2,1H3,(H2,23,24)/b8-7-. The van der Waals surface area contributed by atoms with Crippen molar-refractivity contribution in [2.45, 2.75) is 83.5 Å². The third-order valence-electron chi connectivity index (χ3n) is 4.55. The van der Waals surface area contributed by atoms with E-state index in [2.05, 4.69) is 19.1 Å². The normalized spacial score (nSPS) is 12.5. The van der Waals surface area contributed by atoms with Gasteiger partial charge in [0.1, 0.15) is 0 Å². The minimum atomic E-state index is -0.202. The molecule has 0 aliphatic heterocycles. The zero-order valence-corrected chi connectivity index (χ0v) is 15.4. The summed E-state index contributed by atoms with van der Waals surface area (Å²) in [6.45, 7) is 2.25. The van der Waals surface area contributed by atoms with E-state index >= 15 is 0 Å². The Morgan fingerprint density at radius 2 is 1.50 bits per heavy atom. The van der Waals surface area contributed by atoms with E-state index in [1.54, 1.807) is 0 Å². The van der Waals surface area contributed by atoms with Crippen LogP contribution in [0.2, 0.25) is 0 Å². The number of primary amides is 1. The van der Waals surface area contributed by atoms with Crippen molar-refractivity contribution in [1.82, 2.24) is 0 Å². The highest BCUT2D eigenvalue weighted by molar-refractivity contribution is 5.81. The molecule has 1 aromatic carbocycles. The van der Waals surface area contributed by atoms with Crippen LogP contribution in [0.3, 0.4) is 0 Å². The van der Waals surface area contributed by atoms with Crippen molar-refractivity contribution in [1.29, 1.82) is 0 Å². The van der Waals surface area contributed by atoms with E-state index in [-0.39, 0.29) is 11.8 Å². The van der Waals surface area contributed by atoms with E-state index < -0.39 is 0 Å². The van der Waals surface area contributed by atoms with E-state index in [1.165, 1.54) is 57.8 Å². The average molecular weight is 330 g/mol. The van der Waals surface area contributed by atoms with Gasteiger partial charge in [-0.1, -0.05) is 87.9 Å². The summed E-state index contributed by atoms with van der Waals surface area (Å²) in [6.07, 6.45) is 18.1. The van der Waals surface area contributed by atoms with Gasteiger partial charge in [0.2, 0.25) is 5.91 Å². The fourth-order valence-corrected chi connectivity index (χ4v) is 3.05. The molecule has 1 unspecified atom stereocenters. The summed E-state index contributed by atoms with van der Waals surface area (Å²) >= 11 is 0. The number of unbranched alkanes of at least 4 members (excludes halogenated alkanes) is 8. The Labute approximate surface area is 148 Å². The van der Waals surface area contributed by atoms with Crippen LogP contribution in [-0.4, -0.2) is 5.91 Å². The topological polar surface area (TPSA) is 43.1 Å². The maximum Gasteiger partial charge on any atom is 0.224 e. The Hall–Kier alpha value is -1.57. The highest BCUT2D eigenvalue weighted by Crippen LogP contribution is 2.22. The monoisotopic (exact) mass is 329 g/mol. The third-order valence-corrected chi connectivity index (χ3v) is 4.55. The SMILES string of the molecule is CCCCCC/C=C\CCCCCCC(C(N)=O)c1ccccc1. The first kappa shape index (κ1) is 20.5. The van der Waals surface area contributed by atoms with Crippen molar-refractivity contribution in [3.8, 4) is 0 Å². The van der Waals surface area contributed by atoms with Crippen LogP contribution in [0.1, 0.15) is 89.0 Å². The highest BCUT2D eigenvalue weighted by Gasteiger charge is 2.16. The molecule has 0 aromatic heterocycles. The molecular formula is C22H35NO. The summed E-state index contributed by atoms with van der Waals surface area (Å²) in [5.74, 6) is -0.332. The van der Waals surface area contributed by atoms with Gasteiger partial charge in [-0.3, -0.25) is 4.79 Å². The van der Waals surface area contributed by atoms with Crippen molar-refractivity contribution < 1.29 is 4.79 Å².